The normalized spacial score (nSPS) is 11.1. The lowest BCUT2D eigenvalue weighted by atomic mass is 10.1. The van der Waals surface area contributed by atoms with Crippen molar-refractivity contribution in [3.05, 3.63) is 82.7 Å². The number of hydrogen-bond acceptors (Lipinski definition) is 5. The van der Waals surface area contributed by atoms with Gasteiger partial charge in [-0.05, 0) is 57.0 Å². The number of hydrogen-bond donors (Lipinski definition) is 0. The number of Topliss-reactive ketones (excluding diaryl/α,β-unsaturated/α-hetero) is 1. The number of aryl methyl sites for hydroxylation is 3. The molecule has 0 saturated carbocycles. The third-order valence-electron chi connectivity index (χ3n) is 6.10. The number of benzene rings is 2. The maximum Gasteiger partial charge on any atom is 0.191 e. The molecule has 7 heteroatoms. The number of aromatic nitrogens is 4. The summed E-state index contributed by atoms with van der Waals surface area (Å²) >= 11 is 1.43. The lowest BCUT2D eigenvalue weighted by Gasteiger charge is -2.10. The summed E-state index contributed by atoms with van der Waals surface area (Å²) < 4.78 is 9.41. The highest BCUT2D eigenvalue weighted by Crippen LogP contribution is 2.25. The average molecular weight is 475 g/mol. The summed E-state index contributed by atoms with van der Waals surface area (Å²) in [6.45, 7) is 6.97. The number of carbonyl (C=O) groups is 1. The van der Waals surface area contributed by atoms with Crippen LogP contribution in [0.2, 0.25) is 0 Å². The van der Waals surface area contributed by atoms with Crippen LogP contribution in [0.1, 0.15) is 32.9 Å². The van der Waals surface area contributed by atoms with Crippen molar-refractivity contribution in [2.24, 2.45) is 7.05 Å². The Morgan fingerprint density at radius 3 is 2.50 bits per heavy atom. The molecule has 0 aliphatic heterocycles. The Hall–Kier alpha value is -3.32. The predicted octanol–water partition coefficient (Wildman–Crippen LogP) is 5.44. The molecule has 4 aromatic rings. The van der Waals surface area contributed by atoms with Crippen molar-refractivity contribution in [3.63, 3.8) is 0 Å². The molecule has 0 aliphatic carbocycles. The van der Waals surface area contributed by atoms with E-state index in [1.54, 1.807) is 7.11 Å². The fourth-order valence-corrected chi connectivity index (χ4v) is 4.94. The van der Waals surface area contributed by atoms with Crippen molar-refractivity contribution in [1.29, 1.82) is 0 Å². The van der Waals surface area contributed by atoms with Crippen LogP contribution in [0.3, 0.4) is 0 Å². The smallest absolute Gasteiger partial charge is 0.191 e. The molecule has 0 spiro atoms. The fourth-order valence-electron chi connectivity index (χ4n) is 4.14. The van der Waals surface area contributed by atoms with Crippen LogP contribution in [0.4, 0.5) is 0 Å². The zero-order valence-electron chi connectivity index (χ0n) is 20.3. The molecule has 176 valence electrons. The molecule has 6 nitrogen and oxygen atoms in total. The van der Waals surface area contributed by atoms with Gasteiger partial charge in [0.15, 0.2) is 16.8 Å². The Morgan fingerprint density at radius 2 is 1.79 bits per heavy atom. The van der Waals surface area contributed by atoms with Gasteiger partial charge in [-0.25, -0.2) is 0 Å². The van der Waals surface area contributed by atoms with Gasteiger partial charge in [0.05, 0.1) is 12.9 Å². The zero-order valence-corrected chi connectivity index (χ0v) is 21.1. The van der Waals surface area contributed by atoms with E-state index in [4.69, 9.17) is 4.74 Å². The fraction of sp³-hybridized carbons (Fsp3) is 0.296. The van der Waals surface area contributed by atoms with Crippen LogP contribution < -0.4 is 4.74 Å². The summed E-state index contributed by atoms with van der Waals surface area (Å²) in [5, 5.41) is 9.40. The van der Waals surface area contributed by atoms with Gasteiger partial charge < -0.3 is 13.9 Å². The molecular weight excluding hydrogens is 444 g/mol. The molecule has 0 saturated heterocycles. The highest BCUT2D eigenvalue weighted by Gasteiger charge is 2.18. The maximum atomic E-state index is 13.1. The largest absolute Gasteiger partial charge is 0.497 e. The van der Waals surface area contributed by atoms with Gasteiger partial charge >= 0.3 is 0 Å². The van der Waals surface area contributed by atoms with Gasteiger partial charge in [0.25, 0.3) is 0 Å². The van der Waals surface area contributed by atoms with E-state index in [1.807, 2.05) is 48.9 Å². The van der Waals surface area contributed by atoms with Crippen molar-refractivity contribution in [2.75, 3.05) is 12.9 Å². The molecule has 0 fully saturated rings. The number of ketones is 1. The molecule has 0 unspecified atom stereocenters. The molecule has 0 aliphatic rings. The molecule has 0 amide bonds. The highest BCUT2D eigenvalue weighted by atomic mass is 32.2. The second-order valence-corrected chi connectivity index (χ2v) is 9.42. The van der Waals surface area contributed by atoms with Crippen molar-refractivity contribution < 1.29 is 9.53 Å². The van der Waals surface area contributed by atoms with E-state index < -0.39 is 0 Å². The lowest BCUT2D eigenvalue weighted by molar-refractivity contribution is 0.102. The molecule has 2 heterocycles. The van der Waals surface area contributed by atoms with E-state index >= 15 is 0 Å². The number of ether oxygens (including phenoxy) is 1. The summed E-state index contributed by atoms with van der Waals surface area (Å²) in [4.78, 5) is 13.1. The Labute approximate surface area is 205 Å². The van der Waals surface area contributed by atoms with E-state index in [-0.39, 0.29) is 5.78 Å². The number of methoxy groups -OCH3 is 1. The summed E-state index contributed by atoms with van der Waals surface area (Å²) in [6, 6.07) is 18.3. The van der Waals surface area contributed by atoms with E-state index in [0.717, 1.165) is 52.2 Å². The number of nitrogens with zero attached hydrogens (tertiary/aromatic N) is 4. The first kappa shape index (κ1) is 23.8. The minimum absolute atomic E-state index is 0.105. The van der Waals surface area contributed by atoms with Crippen LogP contribution in [0.25, 0.3) is 11.4 Å². The maximum absolute atomic E-state index is 13.1. The summed E-state index contributed by atoms with van der Waals surface area (Å²) in [5.74, 6) is 2.09. The first-order valence-electron chi connectivity index (χ1n) is 11.3. The molecule has 2 aromatic carbocycles. The van der Waals surface area contributed by atoms with Crippen LogP contribution in [-0.2, 0) is 20.0 Å². The first-order valence-corrected chi connectivity index (χ1v) is 12.3. The van der Waals surface area contributed by atoms with Crippen LogP contribution in [0.15, 0.2) is 59.8 Å². The lowest BCUT2D eigenvalue weighted by Crippen LogP contribution is -2.08. The number of rotatable bonds is 9. The third kappa shape index (κ3) is 5.09. The van der Waals surface area contributed by atoms with Crippen molar-refractivity contribution in [1.82, 2.24) is 19.3 Å². The Balaban J connectivity index is 1.42. The van der Waals surface area contributed by atoms with Gasteiger partial charge in [-0.15, -0.1) is 10.2 Å². The van der Waals surface area contributed by atoms with Crippen molar-refractivity contribution in [2.45, 2.75) is 38.9 Å². The topological polar surface area (TPSA) is 61.9 Å². The third-order valence-corrected chi connectivity index (χ3v) is 7.12. The summed E-state index contributed by atoms with van der Waals surface area (Å²) in [6.07, 6.45) is 0.892. The van der Waals surface area contributed by atoms with Gasteiger partial charge in [0.2, 0.25) is 0 Å². The Morgan fingerprint density at radius 1 is 1.03 bits per heavy atom. The zero-order chi connectivity index (χ0) is 24.2. The summed E-state index contributed by atoms with van der Waals surface area (Å²) in [5.41, 5.74) is 6.32. The Bertz CT molecular complexity index is 1300. The molecule has 34 heavy (non-hydrogen) atoms. The highest BCUT2D eigenvalue weighted by molar-refractivity contribution is 7.99. The number of carbonyl (C=O) groups excluding carboxylic acids is 1. The molecule has 0 bridgehead atoms. The minimum atomic E-state index is 0.105. The molecule has 4 rings (SSSR count). The SMILES string of the molecule is COc1ccc(CCn2c(C)cc(C(=O)CSc3nnc(-c4cccc(C)c4)n3C)c2C)cc1. The van der Waals surface area contributed by atoms with Gasteiger partial charge in [0.1, 0.15) is 5.75 Å². The van der Waals surface area contributed by atoms with Crippen LogP contribution in [0, 0.1) is 20.8 Å². The van der Waals surface area contributed by atoms with Gasteiger partial charge in [-0.3, -0.25) is 4.79 Å². The van der Waals surface area contributed by atoms with E-state index in [2.05, 4.69) is 52.9 Å². The first-order chi connectivity index (χ1) is 16.4. The van der Waals surface area contributed by atoms with Gasteiger partial charge in [-0.1, -0.05) is 47.7 Å². The van der Waals surface area contributed by atoms with Crippen molar-refractivity contribution >= 4 is 17.5 Å². The van der Waals surface area contributed by atoms with Crippen LogP contribution in [0.5, 0.6) is 5.75 Å². The summed E-state index contributed by atoms with van der Waals surface area (Å²) in [7, 11) is 3.61. The number of thioether (sulfide) groups is 1. The second kappa shape index (κ2) is 10.3. The van der Waals surface area contributed by atoms with Crippen LogP contribution >= 0.6 is 11.8 Å². The standard InChI is InChI=1S/C27H30N4O2S/c1-18-7-6-8-22(15-18)26-28-29-27(30(26)4)34-17-25(32)24-16-19(2)31(20(24)3)14-13-21-9-11-23(33-5)12-10-21/h6-12,15-16H,13-14,17H2,1-5H3. The molecular formula is C27H30N4O2S. The van der Waals surface area contributed by atoms with Gasteiger partial charge in [-0.2, -0.15) is 0 Å². The monoisotopic (exact) mass is 474 g/mol. The van der Waals surface area contributed by atoms with E-state index in [1.165, 1.54) is 22.9 Å². The van der Waals surface area contributed by atoms with Crippen molar-refractivity contribution in [3.8, 4) is 17.1 Å². The van der Waals surface area contributed by atoms with E-state index in [9.17, 15) is 4.79 Å². The molecule has 2 aromatic heterocycles. The average Bonchev–Trinajstić information content (AvgIpc) is 3.35. The Kier molecular flexibility index (Phi) is 7.22. The molecule has 0 radical (unpaired) electrons. The minimum Gasteiger partial charge on any atom is -0.497 e. The van der Waals surface area contributed by atoms with Crippen LogP contribution in [-0.4, -0.2) is 38.0 Å². The molecule has 0 N–H and O–H groups in total. The predicted molar refractivity (Wildman–Crippen MR) is 137 cm³/mol. The molecule has 0 atom stereocenters. The van der Waals surface area contributed by atoms with Gasteiger partial charge in [0, 0.05) is 36.1 Å². The second-order valence-electron chi connectivity index (χ2n) is 8.48. The quantitative estimate of drug-likeness (QED) is 0.239. The van der Waals surface area contributed by atoms with E-state index in [0.29, 0.717) is 5.75 Å².